The summed E-state index contributed by atoms with van der Waals surface area (Å²) >= 11 is 5.27. The third kappa shape index (κ3) is 3.44. The zero-order chi connectivity index (χ0) is 13.1. The monoisotopic (exact) mass is 323 g/mol. The Morgan fingerprint density at radius 2 is 1.72 bits per heavy atom. The highest BCUT2D eigenvalue weighted by Crippen LogP contribution is 2.20. The Kier molecular flexibility index (Phi) is 4.60. The molecule has 0 aliphatic rings. The van der Waals surface area contributed by atoms with E-state index in [0.29, 0.717) is 0 Å². The standard InChI is InChI=1S/C15H18BrNS/c1-10-4-12(3)13(5-11(10)2)7-17-8-15-6-14(16)9-18-15/h4-6,9,17H,7-8H2,1-3H3. The minimum Gasteiger partial charge on any atom is -0.308 e. The summed E-state index contributed by atoms with van der Waals surface area (Å²) in [7, 11) is 0. The average molecular weight is 324 g/mol. The van der Waals surface area contributed by atoms with Crippen molar-refractivity contribution in [2.75, 3.05) is 0 Å². The van der Waals surface area contributed by atoms with E-state index in [1.54, 1.807) is 11.3 Å². The second-order valence-corrected chi connectivity index (χ2v) is 6.61. The van der Waals surface area contributed by atoms with E-state index in [1.807, 2.05) is 0 Å². The van der Waals surface area contributed by atoms with E-state index < -0.39 is 0 Å². The molecule has 3 heteroatoms. The van der Waals surface area contributed by atoms with Crippen LogP contribution in [0.15, 0.2) is 28.1 Å². The second kappa shape index (κ2) is 6.00. The summed E-state index contributed by atoms with van der Waals surface area (Å²) in [5, 5.41) is 5.63. The largest absolute Gasteiger partial charge is 0.308 e. The van der Waals surface area contributed by atoms with Crippen molar-refractivity contribution in [1.82, 2.24) is 5.32 Å². The Morgan fingerprint density at radius 3 is 2.39 bits per heavy atom. The van der Waals surface area contributed by atoms with Crippen LogP contribution >= 0.6 is 27.3 Å². The Balaban J connectivity index is 1.96. The van der Waals surface area contributed by atoms with Gasteiger partial charge in [-0.1, -0.05) is 12.1 Å². The van der Waals surface area contributed by atoms with Crippen molar-refractivity contribution >= 4 is 27.3 Å². The van der Waals surface area contributed by atoms with Crippen LogP contribution in [0.5, 0.6) is 0 Å². The molecule has 1 nitrogen and oxygen atoms in total. The molecule has 0 atom stereocenters. The van der Waals surface area contributed by atoms with Crippen LogP contribution in [0.1, 0.15) is 27.1 Å². The van der Waals surface area contributed by atoms with Crippen LogP contribution in [0.2, 0.25) is 0 Å². The van der Waals surface area contributed by atoms with Gasteiger partial charge in [0.25, 0.3) is 0 Å². The summed E-state index contributed by atoms with van der Waals surface area (Å²) in [4.78, 5) is 1.36. The quantitative estimate of drug-likeness (QED) is 0.858. The molecule has 0 amide bonds. The molecule has 2 rings (SSSR count). The Labute approximate surface area is 121 Å². The number of hydrogen-bond donors (Lipinski definition) is 1. The lowest BCUT2D eigenvalue weighted by Gasteiger charge is -2.10. The number of thiophene rings is 1. The molecule has 0 saturated carbocycles. The lowest BCUT2D eigenvalue weighted by atomic mass is 10.0. The zero-order valence-corrected chi connectivity index (χ0v) is 13.4. The van der Waals surface area contributed by atoms with Gasteiger partial charge in [-0.2, -0.15) is 0 Å². The molecule has 0 bridgehead atoms. The number of rotatable bonds is 4. The van der Waals surface area contributed by atoms with E-state index >= 15 is 0 Å². The Hall–Kier alpha value is -0.640. The summed E-state index contributed by atoms with van der Waals surface area (Å²) < 4.78 is 1.17. The van der Waals surface area contributed by atoms with Crippen molar-refractivity contribution in [2.24, 2.45) is 0 Å². The number of aryl methyl sites for hydroxylation is 3. The molecular formula is C15H18BrNS. The van der Waals surface area contributed by atoms with E-state index in [1.165, 1.54) is 31.6 Å². The van der Waals surface area contributed by atoms with Gasteiger partial charge in [0.2, 0.25) is 0 Å². The fourth-order valence-electron chi connectivity index (χ4n) is 1.98. The van der Waals surface area contributed by atoms with Gasteiger partial charge in [0, 0.05) is 27.8 Å². The molecule has 0 saturated heterocycles. The minimum absolute atomic E-state index is 0.933. The van der Waals surface area contributed by atoms with Crippen LogP contribution in [0, 0.1) is 20.8 Å². The second-order valence-electron chi connectivity index (χ2n) is 4.70. The van der Waals surface area contributed by atoms with Gasteiger partial charge in [-0.05, 0) is 65.0 Å². The van der Waals surface area contributed by atoms with Crippen LogP contribution < -0.4 is 5.32 Å². The number of halogens is 1. The van der Waals surface area contributed by atoms with Gasteiger partial charge in [0.05, 0.1) is 0 Å². The molecule has 0 spiro atoms. The van der Waals surface area contributed by atoms with E-state index in [-0.39, 0.29) is 0 Å². The van der Waals surface area contributed by atoms with Crippen molar-refractivity contribution in [3.63, 3.8) is 0 Å². The van der Waals surface area contributed by atoms with Crippen LogP contribution in [0.25, 0.3) is 0 Å². The first-order valence-corrected chi connectivity index (χ1v) is 7.74. The van der Waals surface area contributed by atoms with Crippen LogP contribution in [-0.2, 0) is 13.1 Å². The normalized spacial score (nSPS) is 10.9. The van der Waals surface area contributed by atoms with Gasteiger partial charge in [0.15, 0.2) is 0 Å². The van der Waals surface area contributed by atoms with Gasteiger partial charge in [-0.25, -0.2) is 0 Å². The van der Waals surface area contributed by atoms with Crippen LogP contribution in [0.3, 0.4) is 0 Å². The fraction of sp³-hybridized carbons (Fsp3) is 0.333. The summed E-state index contributed by atoms with van der Waals surface area (Å²) in [5.74, 6) is 0. The van der Waals surface area contributed by atoms with Crippen molar-refractivity contribution < 1.29 is 0 Å². The Morgan fingerprint density at radius 1 is 1.00 bits per heavy atom. The highest BCUT2D eigenvalue weighted by molar-refractivity contribution is 9.10. The molecule has 0 radical (unpaired) electrons. The van der Waals surface area contributed by atoms with Crippen molar-refractivity contribution in [2.45, 2.75) is 33.9 Å². The summed E-state index contributed by atoms with van der Waals surface area (Å²) in [6, 6.07) is 6.74. The highest BCUT2D eigenvalue weighted by Gasteiger charge is 2.02. The summed E-state index contributed by atoms with van der Waals surface area (Å²) in [6.45, 7) is 8.40. The minimum atomic E-state index is 0.933. The lowest BCUT2D eigenvalue weighted by Crippen LogP contribution is -2.13. The zero-order valence-electron chi connectivity index (χ0n) is 11.0. The summed E-state index contributed by atoms with van der Waals surface area (Å²) in [5.41, 5.74) is 5.52. The summed E-state index contributed by atoms with van der Waals surface area (Å²) in [6.07, 6.45) is 0. The molecule has 0 unspecified atom stereocenters. The van der Waals surface area contributed by atoms with Gasteiger partial charge in [0.1, 0.15) is 0 Å². The topological polar surface area (TPSA) is 12.0 Å². The van der Waals surface area contributed by atoms with Crippen molar-refractivity contribution in [3.8, 4) is 0 Å². The SMILES string of the molecule is Cc1cc(C)c(CNCc2cc(Br)cs2)cc1C. The highest BCUT2D eigenvalue weighted by atomic mass is 79.9. The molecule has 1 aromatic carbocycles. The number of benzene rings is 1. The molecule has 1 aromatic heterocycles. The predicted molar refractivity (Wildman–Crippen MR) is 83.2 cm³/mol. The van der Waals surface area contributed by atoms with Gasteiger partial charge in [-0.3, -0.25) is 0 Å². The molecule has 1 N–H and O–H groups in total. The molecular weight excluding hydrogens is 306 g/mol. The van der Waals surface area contributed by atoms with Crippen LogP contribution in [0.4, 0.5) is 0 Å². The van der Waals surface area contributed by atoms with E-state index in [2.05, 4.69) is 65.6 Å². The van der Waals surface area contributed by atoms with Gasteiger partial charge in [-0.15, -0.1) is 11.3 Å². The number of hydrogen-bond acceptors (Lipinski definition) is 2. The molecule has 2 aromatic rings. The smallest absolute Gasteiger partial charge is 0.0303 e. The van der Waals surface area contributed by atoms with Gasteiger partial charge >= 0.3 is 0 Å². The lowest BCUT2D eigenvalue weighted by molar-refractivity contribution is 0.697. The maximum Gasteiger partial charge on any atom is 0.0303 e. The van der Waals surface area contributed by atoms with E-state index in [9.17, 15) is 0 Å². The first kappa shape index (κ1) is 13.8. The molecule has 1 heterocycles. The van der Waals surface area contributed by atoms with Crippen molar-refractivity contribution in [1.29, 1.82) is 0 Å². The van der Waals surface area contributed by atoms with E-state index in [0.717, 1.165) is 13.1 Å². The molecule has 0 aliphatic carbocycles. The van der Waals surface area contributed by atoms with Crippen LogP contribution in [-0.4, -0.2) is 0 Å². The maximum absolute atomic E-state index is 3.51. The molecule has 0 fully saturated rings. The molecule has 0 aliphatic heterocycles. The first-order chi connectivity index (χ1) is 8.56. The Bertz CT molecular complexity index is 545. The third-order valence-electron chi connectivity index (χ3n) is 3.19. The first-order valence-electron chi connectivity index (χ1n) is 6.06. The van der Waals surface area contributed by atoms with E-state index in [4.69, 9.17) is 0 Å². The maximum atomic E-state index is 3.51. The predicted octanol–water partition coefficient (Wildman–Crippen LogP) is 4.73. The molecule has 18 heavy (non-hydrogen) atoms. The number of nitrogens with one attached hydrogen (secondary N) is 1. The van der Waals surface area contributed by atoms with Gasteiger partial charge < -0.3 is 5.32 Å². The average Bonchev–Trinajstić information content (AvgIpc) is 2.71. The third-order valence-corrected chi connectivity index (χ3v) is 4.89. The van der Waals surface area contributed by atoms with Crippen molar-refractivity contribution in [3.05, 3.63) is 55.2 Å². The molecule has 96 valence electrons. The fourth-order valence-corrected chi connectivity index (χ4v) is 3.40.